The van der Waals surface area contributed by atoms with Crippen molar-refractivity contribution in [2.75, 3.05) is 32.8 Å². The highest BCUT2D eigenvalue weighted by atomic mass is 35.5. The van der Waals surface area contributed by atoms with Gasteiger partial charge in [0, 0.05) is 41.8 Å². The average molecular weight is 562 g/mol. The van der Waals surface area contributed by atoms with Gasteiger partial charge in [-0.15, -0.1) is 0 Å². The Morgan fingerprint density at radius 3 is 2.39 bits per heavy atom. The molecule has 1 aliphatic carbocycles. The number of halogens is 4. The number of hydrogen-bond acceptors (Lipinski definition) is 4. The van der Waals surface area contributed by atoms with E-state index in [-0.39, 0.29) is 37.1 Å². The van der Waals surface area contributed by atoms with Crippen LogP contribution in [0.4, 0.5) is 8.78 Å². The number of benzene rings is 2. The molecule has 202 valence electrons. The molecule has 38 heavy (non-hydrogen) atoms. The van der Waals surface area contributed by atoms with Crippen LogP contribution in [0, 0.1) is 22.6 Å². The number of carbonyl (C=O) groups excluding carboxylic acids is 1. The van der Waals surface area contributed by atoms with Gasteiger partial charge >= 0.3 is 0 Å². The van der Waals surface area contributed by atoms with Gasteiger partial charge in [0.15, 0.2) is 0 Å². The minimum atomic E-state index is -1.06. The normalized spacial score (nSPS) is 22.2. The van der Waals surface area contributed by atoms with Gasteiger partial charge in [0.2, 0.25) is 0 Å². The van der Waals surface area contributed by atoms with Gasteiger partial charge in [-0.25, -0.2) is 8.78 Å². The maximum absolute atomic E-state index is 15.1. The van der Waals surface area contributed by atoms with Gasteiger partial charge in [-0.05, 0) is 80.3 Å². The largest absolute Gasteiger partial charge is 0.492 e. The monoisotopic (exact) mass is 561 g/mol. The maximum Gasteiger partial charge on any atom is 0.256 e. The molecule has 9 heteroatoms. The fraction of sp³-hybridized carbons (Fsp3) is 0.517. The molecule has 5 rings (SSSR count). The minimum absolute atomic E-state index is 0.0000380. The molecular formula is C29H31Cl2F2N3O2. The van der Waals surface area contributed by atoms with Crippen molar-refractivity contribution >= 4 is 29.1 Å². The number of piperidine rings is 1. The van der Waals surface area contributed by atoms with Crippen LogP contribution in [0.15, 0.2) is 30.3 Å². The summed E-state index contributed by atoms with van der Waals surface area (Å²) >= 11 is 12.4. The smallest absolute Gasteiger partial charge is 0.256 e. The Morgan fingerprint density at radius 2 is 1.82 bits per heavy atom. The number of alkyl halides is 1. The van der Waals surface area contributed by atoms with E-state index in [0.717, 1.165) is 24.0 Å². The van der Waals surface area contributed by atoms with Gasteiger partial charge in [0.05, 0.1) is 23.6 Å². The van der Waals surface area contributed by atoms with Crippen molar-refractivity contribution < 1.29 is 18.3 Å². The predicted octanol–water partition coefficient (Wildman–Crippen LogP) is 6.94. The predicted molar refractivity (Wildman–Crippen MR) is 143 cm³/mol. The molecule has 0 bridgehead atoms. The van der Waals surface area contributed by atoms with Crippen molar-refractivity contribution in [2.45, 2.75) is 57.2 Å². The molecular weight excluding hydrogens is 531 g/mol. The van der Waals surface area contributed by atoms with Crippen LogP contribution in [0.5, 0.6) is 5.75 Å². The maximum atomic E-state index is 15.1. The van der Waals surface area contributed by atoms with Crippen LogP contribution >= 0.6 is 23.2 Å². The van der Waals surface area contributed by atoms with E-state index in [4.69, 9.17) is 27.9 Å². The average Bonchev–Trinajstić information content (AvgIpc) is 3.65. The van der Waals surface area contributed by atoms with Gasteiger partial charge in [-0.3, -0.25) is 9.69 Å². The van der Waals surface area contributed by atoms with Gasteiger partial charge in [-0.2, -0.15) is 5.26 Å². The van der Waals surface area contributed by atoms with E-state index in [0.29, 0.717) is 48.3 Å². The van der Waals surface area contributed by atoms with E-state index in [1.807, 2.05) is 12.1 Å². The molecule has 0 radical (unpaired) electrons. The first-order valence-electron chi connectivity index (χ1n) is 13.2. The molecule has 2 atom stereocenters. The molecule has 2 unspecified atom stereocenters. The molecule has 5 nitrogen and oxygen atoms in total. The van der Waals surface area contributed by atoms with Crippen molar-refractivity contribution in [3.63, 3.8) is 0 Å². The highest BCUT2D eigenvalue weighted by Gasteiger charge is 2.38. The SMILES string of the molecule is CC(c1cc(Cl)cc(Cl)c1)N1CCC(C#N)(COc2cc(F)c(C(=O)N3CCC(F)C3)cc2C2CC2)CC1. The van der Waals surface area contributed by atoms with Gasteiger partial charge < -0.3 is 9.64 Å². The lowest BCUT2D eigenvalue weighted by atomic mass is 9.80. The number of ether oxygens (including phenoxy) is 1. The van der Waals surface area contributed by atoms with Gasteiger partial charge in [0.25, 0.3) is 5.91 Å². The Kier molecular flexibility index (Phi) is 7.86. The Bertz CT molecular complexity index is 1230. The van der Waals surface area contributed by atoms with E-state index in [2.05, 4.69) is 17.9 Å². The third-order valence-corrected chi connectivity index (χ3v) is 8.61. The quantitative estimate of drug-likeness (QED) is 0.367. The first-order chi connectivity index (χ1) is 18.2. The van der Waals surface area contributed by atoms with E-state index >= 15 is 4.39 Å². The summed E-state index contributed by atoms with van der Waals surface area (Å²) < 4.78 is 34.9. The molecule has 2 aromatic rings. The van der Waals surface area contributed by atoms with Crippen LogP contribution in [0.25, 0.3) is 0 Å². The zero-order valence-electron chi connectivity index (χ0n) is 21.4. The highest BCUT2D eigenvalue weighted by molar-refractivity contribution is 6.34. The summed E-state index contributed by atoms with van der Waals surface area (Å²) in [6.45, 7) is 3.94. The molecule has 2 aromatic carbocycles. The molecule has 0 spiro atoms. The Morgan fingerprint density at radius 1 is 1.13 bits per heavy atom. The summed E-state index contributed by atoms with van der Waals surface area (Å²) in [6, 6.07) is 10.9. The summed E-state index contributed by atoms with van der Waals surface area (Å²) in [5.41, 5.74) is 1.09. The van der Waals surface area contributed by atoms with Crippen LogP contribution in [-0.2, 0) is 0 Å². The van der Waals surface area contributed by atoms with Crippen molar-refractivity contribution in [1.29, 1.82) is 5.26 Å². The summed E-state index contributed by atoms with van der Waals surface area (Å²) in [6.07, 6.45) is 2.32. The minimum Gasteiger partial charge on any atom is -0.492 e. The van der Waals surface area contributed by atoms with E-state index in [9.17, 15) is 14.4 Å². The summed E-state index contributed by atoms with van der Waals surface area (Å²) in [4.78, 5) is 16.5. The molecule has 1 saturated carbocycles. The Balaban J connectivity index is 1.27. The molecule has 1 amide bonds. The van der Waals surface area contributed by atoms with Gasteiger partial charge in [0.1, 0.15) is 24.3 Å². The molecule has 0 N–H and O–H groups in total. The van der Waals surface area contributed by atoms with Gasteiger partial charge in [-0.1, -0.05) is 23.2 Å². The third-order valence-electron chi connectivity index (χ3n) is 8.18. The Hall–Kier alpha value is -2.40. The Labute approximate surface area is 232 Å². The van der Waals surface area contributed by atoms with Crippen molar-refractivity contribution in [3.8, 4) is 11.8 Å². The van der Waals surface area contributed by atoms with Crippen LogP contribution < -0.4 is 4.74 Å². The van der Waals surface area contributed by atoms with Crippen LogP contribution in [0.2, 0.25) is 10.0 Å². The molecule has 2 heterocycles. The summed E-state index contributed by atoms with van der Waals surface area (Å²) in [7, 11) is 0. The van der Waals surface area contributed by atoms with E-state index in [1.165, 1.54) is 11.0 Å². The number of carbonyl (C=O) groups is 1. The number of likely N-dealkylation sites (tertiary alicyclic amines) is 2. The lowest BCUT2D eigenvalue weighted by Gasteiger charge is -2.40. The fourth-order valence-corrected chi connectivity index (χ4v) is 6.06. The van der Waals surface area contributed by atoms with Crippen molar-refractivity contribution in [3.05, 3.63) is 62.9 Å². The number of nitrogens with zero attached hydrogens (tertiary/aromatic N) is 3. The zero-order chi connectivity index (χ0) is 27.0. The standard InChI is InChI=1S/C29H31Cl2F2N3O2/c1-18(20-10-21(30)12-22(31)11-20)35-8-5-29(16-34,6-9-35)17-38-27-14-26(33)25(13-24(27)19-2-3-19)28(37)36-7-4-23(32)15-36/h10-14,18-19,23H,2-9,15,17H2,1H3. The third kappa shape index (κ3) is 5.78. The van der Waals surface area contributed by atoms with Crippen LogP contribution in [0.3, 0.4) is 0 Å². The van der Waals surface area contributed by atoms with E-state index < -0.39 is 23.3 Å². The lowest BCUT2D eigenvalue weighted by molar-refractivity contribution is 0.0742. The second kappa shape index (κ2) is 11.0. The summed E-state index contributed by atoms with van der Waals surface area (Å²) in [5.74, 6) is -0.557. The number of nitriles is 1. The number of rotatable bonds is 7. The topological polar surface area (TPSA) is 56.6 Å². The van der Waals surface area contributed by atoms with Crippen LogP contribution in [0.1, 0.15) is 72.5 Å². The van der Waals surface area contributed by atoms with Crippen molar-refractivity contribution in [1.82, 2.24) is 9.80 Å². The zero-order valence-corrected chi connectivity index (χ0v) is 22.9. The first kappa shape index (κ1) is 27.2. The first-order valence-corrected chi connectivity index (χ1v) is 13.9. The second-order valence-corrected chi connectivity index (χ2v) is 11.7. The highest BCUT2D eigenvalue weighted by Crippen LogP contribution is 2.46. The lowest BCUT2D eigenvalue weighted by Crippen LogP contribution is -2.43. The van der Waals surface area contributed by atoms with Crippen LogP contribution in [-0.4, -0.2) is 54.7 Å². The number of amides is 1. The molecule has 0 aromatic heterocycles. The van der Waals surface area contributed by atoms with E-state index in [1.54, 1.807) is 12.1 Å². The van der Waals surface area contributed by atoms with Crippen molar-refractivity contribution in [2.24, 2.45) is 5.41 Å². The second-order valence-electron chi connectivity index (χ2n) is 10.9. The summed E-state index contributed by atoms with van der Waals surface area (Å²) in [5, 5.41) is 11.3. The number of hydrogen-bond donors (Lipinski definition) is 0. The fourth-order valence-electron chi connectivity index (χ4n) is 5.52. The molecule has 2 saturated heterocycles. The molecule has 3 fully saturated rings. The molecule has 2 aliphatic heterocycles. The molecule has 3 aliphatic rings.